The Kier molecular flexibility index (Phi) is 7.74. The molecule has 1 saturated heterocycles. The Morgan fingerprint density at radius 1 is 1.23 bits per heavy atom. The number of ether oxygens (including phenoxy) is 1. The van der Waals surface area contributed by atoms with Crippen LogP contribution in [0.2, 0.25) is 5.02 Å². The van der Waals surface area contributed by atoms with Crippen molar-refractivity contribution in [2.45, 2.75) is 32.7 Å². The number of nitriles is 1. The molecule has 2 fully saturated rings. The first-order valence-corrected chi connectivity index (χ1v) is 13.5. The van der Waals surface area contributed by atoms with Crippen LogP contribution in [0.1, 0.15) is 32.3 Å². The maximum absolute atomic E-state index is 13.3. The van der Waals surface area contributed by atoms with Crippen molar-refractivity contribution in [2.24, 2.45) is 11.8 Å². The van der Waals surface area contributed by atoms with Crippen LogP contribution in [-0.2, 0) is 14.3 Å². The number of allylic oxidation sites excluding steroid dienone is 2. The summed E-state index contributed by atoms with van der Waals surface area (Å²) >= 11 is 6.04. The minimum absolute atomic E-state index is 0.0509. The van der Waals surface area contributed by atoms with Crippen LogP contribution in [0.4, 0.5) is 15.3 Å². The summed E-state index contributed by atoms with van der Waals surface area (Å²) in [6.07, 6.45) is 7.11. The summed E-state index contributed by atoms with van der Waals surface area (Å²) in [5.41, 5.74) is 1.70. The number of nitrogens with zero attached hydrogens (tertiary/aromatic N) is 4. The Bertz CT molecular complexity index is 1410. The quantitative estimate of drug-likeness (QED) is 0.510. The molecule has 2 aliphatic carbocycles. The smallest absolute Gasteiger partial charge is 0.358 e. The fourth-order valence-electron chi connectivity index (χ4n) is 4.83. The van der Waals surface area contributed by atoms with E-state index in [9.17, 15) is 19.2 Å². The second-order valence-electron chi connectivity index (χ2n) is 10.4. The highest BCUT2D eigenvalue weighted by Gasteiger charge is 2.49. The third-order valence-corrected chi connectivity index (χ3v) is 7.42. The molecule has 0 spiro atoms. The van der Waals surface area contributed by atoms with Gasteiger partial charge in [0.1, 0.15) is 24.2 Å². The second kappa shape index (κ2) is 11.2. The van der Waals surface area contributed by atoms with Gasteiger partial charge < -0.3 is 20.3 Å². The summed E-state index contributed by atoms with van der Waals surface area (Å²) in [7, 11) is 0. The molecule has 2 N–H and O–H groups in total. The van der Waals surface area contributed by atoms with Crippen molar-refractivity contribution in [1.82, 2.24) is 15.1 Å². The van der Waals surface area contributed by atoms with Gasteiger partial charge in [-0.25, -0.2) is 9.59 Å². The van der Waals surface area contributed by atoms with Gasteiger partial charge in [-0.3, -0.25) is 4.79 Å². The third kappa shape index (κ3) is 5.64. The normalized spacial score (nSPS) is 21.3. The molecule has 6 amide bonds. The SMILES string of the molecule is CC(C)[N+]1=C2C=CC(NC(=O)N3CCO[C](C(=O)Nc4ccc(C#N)c(Cl)c4)C3)=CC2C(=O)N(CC2CC2)C1=O. The maximum Gasteiger partial charge on any atom is 0.501 e. The van der Waals surface area contributed by atoms with Gasteiger partial charge in [-0.2, -0.15) is 19.5 Å². The summed E-state index contributed by atoms with van der Waals surface area (Å²) in [5, 5.41) is 14.7. The first-order valence-electron chi connectivity index (χ1n) is 13.1. The highest BCUT2D eigenvalue weighted by molar-refractivity contribution is 6.32. The van der Waals surface area contributed by atoms with E-state index < -0.39 is 17.9 Å². The zero-order valence-electron chi connectivity index (χ0n) is 22.1. The third-order valence-electron chi connectivity index (χ3n) is 7.11. The highest BCUT2D eigenvalue weighted by atomic mass is 35.5. The molecule has 2 aliphatic heterocycles. The summed E-state index contributed by atoms with van der Waals surface area (Å²) in [6.45, 7) is 4.53. The Morgan fingerprint density at radius 2 is 2.00 bits per heavy atom. The number of hydrogen-bond acceptors (Lipinski definition) is 6. The van der Waals surface area contributed by atoms with Crippen molar-refractivity contribution >= 4 is 46.9 Å². The number of amides is 6. The van der Waals surface area contributed by atoms with E-state index in [0.29, 0.717) is 29.6 Å². The molecule has 4 aliphatic rings. The predicted molar refractivity (Wildman–Crippen MR) is 145 cm³/mol. The fourth-order valence-corrected chi connectivity index (χ4v) is 5.06. The van der Waals surface area contributed by atoms with Gasteiger partial charge in [-0.05, 0) is 69.0 Å². The van der Waals surface area contributed by atoms with Gasteiger partial charge in [0.25, 0.3) is 5.91 Å². The lowest BCUT2D eigenvalue weighted by Gasteiger charge is -2.32. The van der Waals surface area contributed by atoms with Crippen molar-refractivity contribution in [3.8, 4) is 6.07 Å². The molecule has 207 valence electrons. The molecule has 40 heavy (non-hydrogen) atoms. The number of morpholine rings is 1. The van der Waals surface area contributed by atoms with E-state index in [1.807, 2.05) is 19.9 Å². The van der Waals surface area contributed by atoms with Gasteiger partial charge in [0.15, 0.2) is 0 Å². The summed E-state index contributed by atoms with van der Waals surface area (Å²) in [6, 6.07) is 5.57. The van der Waals surface area contributed by atoms with E-state index >= 15 is 0 Å². The Morgan fingerprint density at radius 3 is 2.67 bits per heavy atom. The van der Waals surface area contributed by atoms with Gasteiger partial charge in [0.05, 0.1) is 29.8 Å². The average Bonchev–Trinajstić information content (AvgIpc) is 3.76. The zero-order chi connectivity index (χ0) is 28.6. The van der Waals surface area contributed by atoms with E-state index in [-0.39, 0.29) is 54.4 Å². The monoisotopic (exact) mass is 564 g/mol. The highest BCUT2D eigenvalue weighted by Crippen LogP contribution is 2.32. The number of carbonyl (C=O) groups excluding carboxylic acids is 4. The molecule has 1 aromatic carbocycles. The van der Waals surface area contributed by atoms with Crippen molar-refractivity contribution in [1.29, 1.82) is 5.26 Å². The molecular formula is C28H29ClN6O5+. The molecule has 0 aromatic heterocycles. The van der Waals surface area contributed by atoms with Crippen LogP contribution in [0.25, 0.3) is 0 Å². The number of benzene rings is 1. The number of halogens is 1. The molecule has 1 saturated carbocycles. The maximum atomic E-state index is 13.3. The average molecular weight is 565 g/mol. The van der Waals surface area contributed by atoms with Crippen LogP contribution in [0, 0.1) is 29.3 Å². The van der Waals surface area contributed by atoms with Crippen LogP contribution in [0.5, 0.6) is 0 Å². The lowest BCUT2D eigenvalue weighted by atomic mass is 9.92. The number of nitrogens with one attached hydrogen (secondary N) is 2. The van der Waals surface area contributed by atoms with Gasteiger partial charge >= 0.3 is 18.0 Å². The summed E-state index contributed by atoms with van der Waals surface area (Å²) in [5.74, 6) is -1.16. The zero-order valence-corrected chi connectivity index (χ0v) is 22.9. The van der Waals surface area contributed by atoms with Crippen LogP contribution >= 0.6 is 11.6 Å². The van der Waals surface area contributed by atoms with E-state index in [2.05, 4.69) is 10.6 Å². The lowest BCUT2D eigenvalue weighted by molar-refractivity contribution is -0.473. The number of rotatable bonds is 6. The largest absolute Gasteiger partial charge is 0.501 e. The minimum atomic E-state index is -0.684. The lowest BCUT2D eigenvalue weighted by Crippen LogP contribution is -2.56. The number of hydrogen-bond donors (Lipinski definition) is 2. The van der Waals surface area contributed by atoms with Gasteiger partial charge in [0, 0.05) is 17.9 Å². The minimum Gasteiger partial charge on any atom is -0.358 e. The summed E-state index contributed by atoms with van der Waals surface area (Å²) < 4.78 is 7.15. The van der Waals surface area contributed by atoms with Crippen molar-refractivity contribution < 1.29 is 28.5 Å². The van der Waals surface area contributed by atoms with Crippen molar-refractivity contribution in [2.75, 3.05) is 31.6 Å². The van der Waals surface area contributed by atoms with E-state index in [4.69, 9.17) is 21.6 Å². The Balaban J connectivity index is 1.25. The molecule has 1 aromatic rings. The topological polar surface area (TPSA) is 135 Å². The molecule has 5 rings (SSSR count). The molecule has 12 heteroatoms. The van der Waals surface area contributed by atoms with Crippen LogP contribution in [0.15, 0.2) is 42.1 Å². The standard InChI is InChI=1S/C28H28ClN6O5/c1-16(2)35-23-8-7-19(11-21(23)26(37)34(28(35)39)14-17-3-4-17)32-27(38)33-9-10-40-24(15-33)25(36)31-20-6-5-18(13-30)22(29)12-20/h5-8,11-12,16-17,21H,3-4,9-10,14-15H2,1-2H3,(H-,31,32,36,38)/p+1. The molecule has 2 heterocycles. The van der Waals surface area contributed by atoms with E-state index in [1.54, 1.807) is 28.9 Å². The summed E-state index contributed by atoms with van der Waals surface area (Å²) in [4.78, 5) is 55.1. The van der Waals surface area contributed by atoms with E-state index in [1.165, 1.54) is 21.9 Å². The predicted octanol–water partition coefficient (Wildman–Crippen LogP) is 3.03. The van der Waals surface area contributed by atoms with Crippen molar-refractivity contribution in [3.05, 3.63) is 58.8 Å². The number of imide groups is 1. The van der Waals surface area contributed by atoms with Gasteiger partial charge in [-0.15, -0.1) is 0 Å². The van der Waals surface area contributed by atoms with E-state index in [0.717, 1.165) is 12.8 Å². The van der Waals surface area contributed by atoms with Crippen LogP contribution in [0.3, 0.4) is 0 Å². The van der Waals surface area contributed by atoms with Crippen LogP contribution in [-0.4, -0.2) is 76.2 Å². The van der Waals surface area contributed by atoms with Gasteiger partial charge in [0.2, 0.25) is 6.10 Å². The molecule has 11 nitrogen and oxygen atoms in total. The molecule has 1 atom stereocenters. The fraction of sp³-hybridized carbons (Fsp3) is 0.393. The number of carbonyl (C=O) groups is 4. The number of fused-ring (bicyclic) bond motifs is 1. The molecular weight excluding hydrogens is 536 g/mol. The molecule has 1 radical (unpaired) electrons. The number of urea groups is 2. The van der Waals surface area contributed by atoms with Gasteiger partial charge in [-0.1, -0.05) is 11.6 Å². The second-order valence-corrected chi connectivity index (χ2v) is 10.8. The van der Waals surface area contributed by atoms with Crippen LogP contribution < -0.4 is 10.6 Å². The molecule has 0 bridgehead atoms. The Labute approximate surface area is 236 Å². The van der Waals surface area contributed by atoms with Crippen molar-refractivity contribution in [3.63, 3.8) is 0 Å². The first-order chi connectivity index (χ1) is 19.2. The molecule has 1 unspecified atom stereocenters. The first kappa shape index (κ1) is 27.6. The number of anilines is 1. The Hall–Kier alpha value is -4.01.